The average molecular weight is 443 g/mol. The van der Waals surface area contributed by atoms with E-state index in [9.17, 15) is 13.2 Å². The second-order valence-electron chi connectivity index (χ2n) is 8.45. The molecule has 0 radical (unpaired) electrons. The highest BCUT2D eigenvalue weighted by atomic mass is 32.2. The number of amides is 1. The van der Waals surface area contributed by atoms with Crippen LogP contribution in [0.1, 0.15) is 50.2 Å². The summed E-state index contributed by atoms with van der Waals surface area (Å²) in [6.45, 7) is 5.12. The van der Waals surface area contributed by atoms with Gasteiger partial charge in [0, 0.05) is 18.2 Å². The second-order valence-corrected chi connectivity index (χ2v) is 10.1. The molecular weight excluding hydrogens is 412 g/mol. The number of anilines is 2. The van der Waals surface area contributed by atoms with Crippen molar-refractivity contribution in [1.82, 2.24) is 0 Å². The van der Waals surface area contributed by atoms with Crippen molar-refractivity contribution in [2.75, 3.05) is 22.8 Å². The van der Waals surface area contributed by atoms with Gasteiger partial charge in [-0.15, -0.1) is 0 Å². The highest BCUT2D eigenvalue weighted by Crippen LogP contribution is 2.35. The lowest BCUT2D eigenvalue weighted by atomic mass is 10.1. The maximum atomic E-state index is 13.0. The summed E-state index contributed by atoms with van der Waals surface area (Å²) in [4.78, 5) is 15.0. The molecule has 2 aliphatic rings. The van der Waals surface area contributed by atoms with Gasteiger partial charge >= 0.3 is 0 Å². The van der Waals surface area contributed by atoms with Gasteiger partial charge in [-0.25, -0.2) is 8.42 Å². The summed E-state index contributed by atoms with van der Waals surface area (Å²) < 4.78 is 34.3. The number of nitrogens with zero attached hydrogens (tertiary/aromatic N) is 1. The van der Waals surface area contributed by atoms with Crippen molar-refractivity contribution in [2.24, 2.45) is 5.92 Å². The number of ether oxygens (including phenoxy) is 1. The number of carbonyl (C=O) groups excluding carboxylic acids is 1. The Hall–Kier alpha value is -2.54. The summed E-state index contributed by atoms with van der Waals surface area (Å²) in [6.07, 6.45) is 5.82. The van der Waals surface area contributed by atoms with Crippen LogP contribution < -0.4 is 14.4 Å². The highest BCUT2D eigenvalue weighted by molar-refractivity contribution is 7.92. The predicted molar refractivity (Wildman–Crippen MR) is 122 cm³/mol. The number of benzene rings is 2. The first kappa shape index (κ1) is 21.7. The van der Waals surface area contributed by atoms with Gasteiger partial charge in [-0.05, 0) is 74.1 Å². The Morgan fingerprint density at radius 1 is 1.16 bits per heavy atom. The van der Waals surface area contributed by atoms with Gasteiger partial charge in [-0.2, -0.15) is 0 Å². The molecule has 1 aliphatic heterocycles. The van der Waals surface area contributed by atoms with Gasteiger partial charge in [0.15, 0.2) is 0 Å². The molecule has 0 unspecified atom stereocenters. The number of hydrogen-bond acceptors (Lipinski definition) is 4. The fourth-order valence-corrected chi connectivity index (χ4v) is 5.58. The number of rotatable bonds is 7. The molecule has 1 heterocycles. The van der Waals surface area contributed by atoms with Gasteiger partial charge in [0.2, 0.25) is 5.91 Å². The maximum Gasteiger partial charge on any atom is 0.261 e. The number of fused-ring (bicyclic) bond motifs is 1. The highest BCUT2D eigenvalue weighted by Gasteiger charge is 2.32. The largest absolute Gasteiger partial charge is 0.493 e. The minimum Gasteiger partial charge on any atom is -0.493 e. The standard InChI is InChI=1S/C24H30N2O4S/c1-3-14-30-23-11-10-21(15-17(23)2)31(28,29)25-20-9-8-18-12-13-26(22(18)16-20)24(27)19-6-4-5-7-19/h8-11,15-16,19,25H,3-7,12-14H2,1-2H3. The quantitative estimate of drug-likeness (QED) is 0.676. The smallest absolute Gasteiger partial charge is 0.261 e. The topological polar surface area (TPSA) is 75.7 Å². The Balaban J connectivity index is 1.54. The van der Waals surface area contributed by atoms with Crippen LogP contribution in [0.5, 0.6) is 5.75 Å². The molecule has 1 aliphatic carbocycles. The number of carbonyl (C=O) groups is 1. The molecule has 1 fully saturated rings. The molecule has 2 aromatic carbocycles. The summed E-state index contributed by atoms with van der Waals surface area (Å²) in [5.41, 5.74) is 3.16. The average Bonchev–Trinajstić information content (AvgIpc) is 3.42. The van der Waals surface area contributed by atoms with Crippen LogP contribution in [0.25, 0.3) is 0 Å². The molecule has 4 rings (SSSR count). The third-order valence-corrected chi connectivity index (χ3v) is 7.50. The molecule has 2 aromatic rings. The molecule has 0 saturated heterocycles. The first-order valence-corrected chi connectivity index (χ1v) is 12.6. The Bertz CT molecular complexity index is 1070. The van der Waals surface area contributed by atoms with E-state index < -0.39 is 10.0 Å². The van der Waals surface area contributed by atoms with Crippen LogP contribution in [-0.2, 0) is 21.2 Å². The number of hydrogen-bond donors (Lipinski definition) is 1. The van der Waals surface area contributed by atoms with Crippen molar-refractivity contribution < 1.29 is 17.9 Å². The van der Waals surface area contributed by atoms with Gasteiger partial charge in [-0.3, -0.25) is 9.52 Å². The number of sulfonamides is 1. The summed E-state index contributed by atoms with van der Waals surface area (Å²) in [5.74, 6) is 0.969. The normalized spacial score (nSPS) is 16.4. The summed E-state index contributed by atoms with van der Waals surface area (Å²) >= 11 is 0. The van der Waals surface area contributed by atoms with Crippen LogP contribution in [0.2, 0.25) is 0 Å². The third kappa shape index (κ3) is 4.56. The van der Waals surface area contributed by atoms with Crippen molar-refractivity contribution >= 4 is 27.3 Å². The van der Waals surface area contributed by atoms with E-state index in [4.69, 9.17) is 4.74 Å². The van der Waals surface area contributed by atoms with Crippen LogP contribution in [0, 0.1) is 12.8 Å². The Kier molecular flexibility index (Phi) is 6.23. The minimum atomic E-state index is -3.75. The number of aryl methyl sites for hydroxylation is 1. The van der Waals surface area contributed by atoms with E-state index in [-0.39, 0.29) is 16.7 Å². The zero-order valence-corrected chi connectivity index (χ0v) is 19.0. The van der Waals surface area contributed by atoms with Crippen LogP contribution >= 0.6 is 0 Å². The second kappa shape index (κ2) is 8.91. The molecule has 1 amide bonds. The molecular formula is C24H30N2O4S. The monoisotopic (exact) mass is 442 g/mol. The Morgan fingerprint density at radius 3 is 2.65 bits per heavy atom. The fourth-order valence-electron chi connectivity index (χ4n) is 4.44. The van der Waals surface area contributed by atoms with Crippen LogP contribution in [-0.4, -0.2) is 27.5 Å². The lowest BCUT2D eigenvalue weighted by molar-refractivity contribution is -0.122. The van der Waals surface area contributed by atoms with Gasteiger partial charge in [0.1, 0.15) is 5.75 Å². The molecule has 1 N–H and O–H groups in total. The first-order valence-electron chi connectivity index (χ1n) is 11.1. The van der Waals surface area contributed by atoms with E-state index in [1.165, 1.54) is 0 Å². The lowest BCUT2D eigenvalue weighted by Crippen LogP contribution is -2.33. The maximum absolute atomic E-state index is 13.0. The van der Waals surface area contributed by atoms with Gasteiger partial charge in [0.25, 0.3) is 10.0 Å². The van der Waals surface area contributed by atoms with Crippen LogP contribution in [0.4, 0.5) is 11.4 Å². The van der Waals surface area contributed by atoms with Crippen molar-refractivity contribution in [3.63, 3.8) is 0 Å². The zero-order valence-electron chi connectivity index (χ0n) is 18.2. The summed E-state index contributed by atoms with van der Waals surface area (Å²) in [6, 6.07) is 10.4. The van der Waals surface area contributed by atoms with Crippen LogP contribution in [0.3, 0.4) is 0 Å². The molecule has 31 heavy (non-hydrogen) atoms. The fraction of sp³-hybridized carbons (Fsp3) is 0.458. The van der Waals surface area contributed by atoms with Crippen molar-refractivity contribution in [2.45, 2.75) is 57.3 Å². The predicted octanol–water partition coefficient (Wildman–Crippen LogP) is 4.66. The van der Waals surface area contributed by atoms with Crippen molar-refractivity contribution in [1.29, 1.82) is 0 Å². The molecule has 0 aromatic heterocycles. The third-order valence-electron chi connectivity index (χ3n) is 6.12. The molecule has 0 spiro atoms. The van der Waals surface area contributed by atoms with Crippen molar-refractivity contribution in [3.8, 4) is 5.75 Å². The SMILES string of the molecule is CCCOc1ccc(S(=O)(=O)Nc2ccc3c(c2)N(C(=O)C2CCCC2)CC3)cc1C. The van der Waals surface area contributed by atoms with Crippen LogP contribution in [0.15, 0.2) is 41.3 Å². The zero-order chi connectivity index (χ0) is 22.0. The Labute approximate surface area is 184 Å². The summed E-state index contributed by atoms with van der Waals surface area (Å²) in [7, 11) is -3.75. The molecule has 0 atom stereocenters. The van der Waals surface area contributed by atoms with E-state index in [1.54, 1.807) is 30.3 Å². The van der Waals surface area contributed by atoms with E-state index in [1.807, 2.05) is 24.8 Å². The lowest BCUT2D eigenvalue weighted by Gasteiger charge is -2.22. The van der Waals surface area contributed by atoms with E-state index >= 15 is 0 Å². The van der Waals surface area contributed by atoms with E-state index in [0.717, 1.165) is 55.3 Å². The molecule has 166 valence electrons. The van der Waals surface area contributed by atoms with Gasteiger partial charge in [0.05, 0.1) is 17.2 Å². The minimum absolute atomic E-state index is 0.0997. The van der Waals surface area contributed by atoms with Gasteiger partial charge in [-0.1, -0.05) is 25.8 Å². The first-order chi connectivity index (χ1) is 14.9. The summed E-state index contributed by atoms with van der Waals surface area (Å²) in [5, 5.41) is 0. The molecule has 7 heteroatoms. The Morgan fingerprint density at radius 2 is 1.94 bits per heavy atom. The number of nitrogens with one attached hydrogen (secondary N) is 1. The molecule has 0 bridgehead atoms. The van der Waals surface area contributed by atoms with E-state index in [2.05, 4.69) is 4.72 Å². The van der Waals surface area contributed by atoms with E-state index in [0.29, 0.717) is 24.6 Å². The van der Waals surface area contributed by atoms with Crippen molar-refractivity contribution in [3.05, 3.63) is 47.5 Å². The van der Waals surface area contributed by atoms with Gasteiger partial charge < -0.3 is 9.64 Å². The molecule has 1 saturated carbocycles. The molecule has 6 nitrogen and oxygen atoms in total.